The molecule has 0 saturated carbocycles. The van der Waals surface area contributed by atoms with Crippen molar-refractivity contribution < 1.29 is 4.74 Å². The molecule has 0 heterocycles. The smallest absolute Gasteiger partial charge is 0.0462 e. The number of halogens is 1. The zero-order valence-corrected chi connectivity index (χ0v) is 12.0. The fraction of sp³-hybridized carbons (Fsp3) is 0.571. The highest BCUT2D eigenvalue weighted by Gasteiger charge is 2.08. The van der Waals surface area contributed by atoms with Crippen LogP contribution in [0.2, 0.25) is 5.02 Å². The van der Waals surface area contributed by atoms with Gasteiger partial charge in [0.2, 0.25) is 0 Å². The van der Waals surface area contributed by atoms with Gasteiger partial charge in [0.1, 0.15) is 0 Å². The lowest BCUT2D eigenvalue weighted by Crippen LogP contribution is -2.35. The summed E-state index contributed by atoms with van der Waals surface area (Å²) in [4.78, 5) is 2.21. The third kappa shape index (κ3) is 5.83. The first kappa shape index (κ1) is 15.4. The van der Waals surface area contributed by atoms with Gasteiger partial charge < -0.3 is 15.4 Å². The maximum Gasteiger partial charge on any atom is 0.0462 e. The second-order valence-electron chi connectivity index (χ2n) is 4.68. The second-order valence-corrected chi connectivity index (χ2v) is 5.09. The minimum absolute atomic E-state index is 0.188. The first-order valence-corrected chi connectivity index (χ1v) is 6.67. The molecule has 4 heteroatoms. The van der Waals surface area contributed by atoms with Crippen LogP contribution in [0.15, 0.2) is 24.3 Å². The molecule has 3 nitrogen and oxygen atoms in total. The van der Waals surface area contributed by atoms with Gasteiger partial charge in [-0.05, 0) is 31.5 Å². The van der Waals surface area contributed by atoms with Crippen LogP contribution in [0.25, 0.3) is 0 Å². The van der Waals surface area contributed by atoms with Crippen molar-refractivity contribution in [2.75, 3.05) is 27.3 Å². The van der Waals surface area contributed by atoms with Gasteiger partial charge in [-0.2, -0.15) is 0 Å². The Morgan fingerprint density at radius 2 is 2.11 bits per heavy atom. The Kier molecular flexibility index (Phi) is 7.28. The average Bonchev–Trinajstić information content (AvgIpc) is 2.32. The average molecular weight is 271 g/mol. The van der Waals surface area contributed by atoms with Crippen LogP contribution in [-0.2, 0) is 11.3 Å². The van der Waals surface area contributed by atoms with Crippen molar-refractivity contribution in [2.45, 2.75) is 25.4 Å². The first-order valence-electron chi connectivity index (χ1n) is 6.30. The van der Waals surface area contributed by atoms with E-state index < -0.39 is 0 Å². The Hall–Kier alpha value is -0.610. The predicted molar refractivity (Wildman–Crippen MR) is 76.9 cm³/mol. The molecular formula is C14H23ClN2O. The van der Waals surface area contributed by atoms with Crippen LogP contribution in [0.3, 0.4) is 0 Å². The molecule has 0 aromatic heterocycles. The first-order chi connectivity index (χ1) is 8.63. The number of methoxy groups -OCH3 is 1. The van der Waals surface area contributed by atoms with Crippen LogP contribution in [-0.4, -0.2) is 38.3 Å². The SMILES string of the molecule is COCCCC(N)CN(C)Cc1ccccc1Cl. The van der Waals surface area contributed by atoms with Gasteiger partial charge in [-0.1, -0.05) is 29.8 Å². The number of benzene rings is 1. The maximum absolute atomic E-state index is 6.13. The highest BCUT2D eigenvalue weighted by atomic mass is 35.5. The quantitative estimate of drug-likeness (QED) is 0.738. The number of nitrogens with zero attached hydrogens (tertiary/aromatic N) is 1. The van der Waals surface area contributed by atoms with Crippen LogP contribution in [0.1, 0.15) is 18.4 Å². The van der Waals surface area contributed by atoms with E-state index in [9.17, 15) is 0 Å². The standard InChI is InChI=1S/C14H23ClN2O/c1-17(11-13(16)7-5-9-18-2)10-12-6-3-4-8-14(12)15/h3-4,6,8,13H,5,7,9-11,16H2,1-2H3. The van der Waals surface area contributed by atoms with Crippen LogP contribution in [0, 0.1) is 0 Å². The summed E-state index contributed by atoms with van der Waals surface area (Å²) in [5.74, 6) is 0. The number of rotatable bonds is 8. The molecular weight excluding hydrogens is 248 g/mol. The summed E-state index contributed by atoms with van der Waals surface area (Å²) in [7, 11) is 3.79. The third-order valence-corrected chi connectivity index (χ3v) is 3.24. The van der Waals surface area contributed by atoms with Crippen molar-refractivity contribution >= 4 is 11.6 Å². The van der Waals surface area contributed by atoms with Crippen molar-refractivity contribution in [3.05, 3.63) is 34.9 Å². The van der Waals surface area contributed by atoms with Gasteiger partial charge in [0, 0.05) is 37.9 Å². The summed E-state index contributed by atoms with van der Waals surface area (Å²) >= 11 is 6.13. The normalized spacial score (nSPS) is 12.9. The van der Waals surface area contributed by atoms with E-state index in [2.05, 4.69) is 18.0 Å². The highest BCUT2D eigenvalue weighted by Crippen LogP contribution is 2.16. The topological polar surface area (TPSA) is 38.5 Å². The summed E-state index contributed by atoms with van der Waals surface area (Å²) in [5.41, 5.74) is 7.22. The Bertz CT molecular complexity index is 346. The fourth-order valence-corrected chi connectivity index (χ4v) is 2.16. The third-order valence-electron chi connectivity index (χ3n) is 2.87. The van der Waals surface area contributed by atoms with Gasteiger partial charge in [-0.3, -0.25) is 0 Å². The maximum atomic E-state index is 6.13. The Morgan fingerprint density at radius 3 is 2.78 bits per heavy atom. The van der Waals surface area contributed by atoms with E-state index in [0.29, 0.717) is 0 Å². The summed E-state index contributed by atoms with van der Waals surface area (Å²) in [5, 5.41) is 0.817. The molecule has 0 fully saturated rings. The summed E-state index contributed by atoms with van der Waals surface area (Å²) in [6.07, 6.45) is 2.00. The minimum atomic E-state index is 0.188. The molecule has 0 saturated heterocycles. The molecule has 1 aromatic carbocycles. The molecule has 0 aliphatic carbocycles. The van der Waals surface area contributed by atoms with Crippen molar-refractivity contribution in [3.63, 3.8) is 0 Å². The van der Waals surface area contributed by atoms with E-state index in [1.54, 1.807) is 7.11 Å². The number of nitrogens with two attached hydrogens (primary N) is 1. The van der Waals surface area contributed by atoms with Crippen molar-refractivity contribution in [3.8, 4) is 0 Å². The van der Waals surface area contributed by atoms with Crippen LogP contribution < -0.4 is 5.73 Å². The van der Waals surface area contributed by atoms with Gasteiger partial charge in [0.05, 0.1) is 0 Å². The minimum Gasteiger partial charge on any atom is -0.385 e. The molecule has 0 radical (unpaired) electrons. The lowest BCUT2D eigenvalue weighted by Gasteiger charge is -2.21. The zero-order valence-electron chi connectivity index (χ0n) is 11.2. The molecule has 1 rings (SSSR count). The van der Waals surface area contributed by atoms with Crippen LogP contribution in [0.4, 0.5) is 0 Å². The molecule has 18 heavy (non-hydrogen) atoms. The predicted octanol–water partition coefficient (Wildman–Crippen LogP) is 2.53. The number of ether oxygens (including phenoxy) is 1. The van der Waals surface area contributed by atoms with E-state index in [4.69, 9.17) is 22.1 Å². The molecule has 0 amide bonds. The highest BCUT2D eigenvalue weighted by molar-refractivity contribution is 6.31. The van der Waals surface area contributed by atoms with Gasteiger partial charge in [-0.15, -0.1) is 0 Å². The lowest BCUT2D eigenvalue weighted by atomic mass is 10.1. The fourth-order valence-electron chi connectivity index (χ4n) is 1.96. The Morgan fingerprint density at radius 1 is 1.39 bits per heavy atom. The number of hydrogen-bond donors (Lipinski definition) is 1. The Balaban J connectivity index is 2.33. The number of likely N-dealkylation sites (N-methyl/N-ethyl adjacent to an activating group) is 1. The summed E-state index contributed by atoms with van der Waals surface area (Å²) in [6.45, 7) is 2.48. The Labute approximate surface area is 115 Å². The van der Waals surface area contributed by atoms with Crippen LogP contribution >= 0.6 is 11.6 Å². The monoisotopic (exact) mass is 270 g/mol. The van der Waals surface area contributed by atoms with E-state index in [1.165, 1.54) is 0 Å². The van der Waals surface area contributed by atoms with Gasteiger partial charge in [0.25, 0.3) is 0 Å². The summed E-state index contributed by atoms with van der Waals surface area (Å²) in [6, 6.07) is 8.11. The molecule has 1 aromatic rings. The van der Waals surface area contributed by atoms with E-state index in [-0.39, 0.29) is 6.04 Å². The van der Waals surface area contributed by atoms with E-state index in [1.807, 2.05) is 18.2 Å². The summed E-state index contributed by atoms with van der Waals surface area (Å²) < 4.78 is 5.02. The molecule has 0 aliphatic heterocycles. The van der Waals surface area contributed by atoms with E-state index >= 15 is 0 Å². The van der Waals surface area contributed by atoms with Crippen molar-refractivity contribution in [2.24, 2.45) is 5.73 Å². The molecule has 1 atom stereocenters. The largest absolute Gasteiger partial charge is 0.385 e. The second kappa shape index (κ2) is 8.48. The lowest BCUT2D eigenvalue weighted by molar-refractivity contribution is 0.187. The molecule has 0 bridgehead atoms. The zero-order chi connectivity index (χ0) is 13.4. The molecule has 0 spiro atoms. The van der Waals surface area contributed by atoms with E-state index in [0.717, 1.165) is 43.1 Å². The van der Waals surface area contributed by atoms with Gasteiger partial charge >= 0.3 is 0 Å². The molecule has 0 aliphatic rings. The van der Waals surface area contributed by atoms with Gasteiger partial charge in [-0.25, -0.2) is 0 Å². The van der Waals surface area contributed by atoms with Crippen LogP contribution in [0.5, 0.6) is 0 Å². The molecule has 102 valence electrons. The van der Waals surface area contributed by atoms with Crippen molar-refractivity contribution in [1.82, 2.24) is 4.90 Å². The van der Waals surface area contributed by atoms with Gasteiger partial charge in [0.15, 0.2) is 0 Å². The molecule has 1 unspecified atom stereocenters. The number of hydrogen-bond acceptors (Lipinski definition) is 3. The molecule has 2 N–H and O–H groups in total. The van der Waals surface area contributed by atoms with Crippen molar-refractivity contribution in [1.29, 1.82) is 0 Å².